The van der Waals surface area contributed by atoms with Crippen molar-refractivity contribution in [3.8, 4) is 5.88 Å². The molecule has 0 saturated carbocycles. The third-order valence-electron chi connectivity index (χ3n) is 1.36. The van der Waals surface area contributed by atoms with Crippen molar-refractivity contribution in [3.63, 3.8) is 0 Å². The second kappa shape index (κ2) is 13.4. The summed E-state index contributed by atoms with van der Waals surface area (Å²) in [5.74, 6) is 0.379. The molecule has 104 valence electrons. The molecule has 1 aromatic heterocycles. The number of rotatable bonds is 3. The summed E-state index contributed by atoms with van der Waals surface area (Å²) in [6.07, 6.45) is 1.57. The Balaban J connectivity index is 0. The smallest absolute Gasteiger partial charge is 0.221 e. The molecule has 0 spiro atoms. The van der Waals surface area contributed by atoms with E-state index in [4.69, 9.17) is 14.9 Å². The Morgan fingerprint density at radius 3 is 2.33 bits per heavy atom. The van der Waals surface area contributed by atoms with Gasteiger partial charge in [-0.15, -0.1) is 0 Å². The Hall–Kier alpha value is -1.66. The lowest BCUT2D eigenvalue weighted by molar-refractivity contribution is -0.114. The normalized spacial score (nSPS) is 8.11. The number of nitrogens with one attached hydrogen (secondary N) is 1. The molecule has 1 heterocycles. The Morgan fingerprint density at radius 1 is 1.39 bits per heavy atom. The summed E-state index contributed by atoms with van der Waals surface area (Å²) in [6, 6.07) is 3.35. The first kappa shape index (κ1) is 18.7. The number of hydrogen-bond acceptors (Lipinski definition) is 5. The first-order chi connectivity index (χ1) is 8.63. The molecule has 0 atom stereocenters. The maximum Gasteiger partial charge on any atom is 0.221 e. The Morgan fingerprint density at radius 2 is 1.94 bits per heavy atom. The van der Waals surface area contributed by atoms with Crippen LogP contribution in [0.15, 0.2) is 18.3 Å². The lowest BCUT2D eigenvalue weighted by Gasteiger charge is -2.02. The highest BCUT2D eigenvalue weighted by atomic mass is 16.5. The predicted molar refractivity (Wildman–Crippen MR) is 70.6 cm³/mol. The molecule has 0 fully saturated rings. The van der Waals surface area contributed by atoms with Crippen molar-refractivity contribution < 1.29 is 19.7 Å². The monoisotopic (exact) mass is 258 g/mol. The minimum atomic E-state index is -0.125. The van der Waals surface area contributed by atoms with Crippen molar-refractivity contribution in [1.29, 1.82) is 0 Å². The van der Waals surface area contributed by atoms with Crippen molar-refractivity contribution in [2.45, 2.75) is 20.8 Å². The molecule has 6 nitrogen and oxygen atoms in total. The van der Waals surface area contributed by atoms with Crippen LogP contribution in [0, 0.1) is 0 Å². The number of amides is 1. The third kappa shape index (κ3) is 10.8. The van der Waals surface area contributed by atoms with Gasteiger partial charge < -0.3 is 20.3 Å². The fourth-order valence-electron chi connectivity index (χ4n) is 0.802. The van der Waals surface area contributed by atoms with E-state index in [1.165, 1.54) is 14.0 Å². The fraction of sp³-hybridized carbons (Fsp3) is 0.500. The predicted octanol–water partition coefficient (Wildman–Crippen LogP) is 1.05. The van der Waals surface area contributed by atoms with Gasteiger partial charge in [-0.3, -0.25) is 4.79 Å². The summed E-state index contributed by atoms with van der Waals surface area (Å²) < 4.78 is 4.87. The summed E-state index contributed by atoms with van der Waals surface area (Å²) in [7, 11) is 1.53. The zero-order valence-electron chi connectivity index (χ0n) is 11.3. The topological polar surface area (TPSA) is 91.7 Å². The van der Waals surface area contributed by atoms with Gasteiger partial charge in [0.2, 0.25) is 11.8 Å². The van der Waals surface area contributed by atoms with Crippen molar-refractivity contribution >= 4 is 11.6 Å². The molecule has 0 saturated heterocycles. The van der Waals surface area contributed by atoms with Crippen LogP contribution in [0.1, 0.15) is 20.8 Å². The summed E-state index contributed by atoms with van der Waals surface area (Å²) in [4.78, 5) is 14.5. The minimum Gasteiger partial charge on any atom is -0.481 e. The highest BCUT2D eigenvalue weighted by molar-refractivity contribution is 5.88. The lowest BCUT2D eigenvalue weighted by Crippen LogP contribution is -2.05. The number of aromatic nitrogens is 1. The molecule has 0 radical (unpaired) electrons. The number of methoxy groups -OCH3 is 1. The number of aliphatic hydroxyl groups excluding tert-OH is 2. The SMILES string of the molecule is CC.COc1cc(NC(C)=O)ccn1.OCCO. The number of ether oxygens (including phenoxy) is 1. The van der Waals surface area contributed by atoms with E-state index < -0.39 is 0 Å². The molecule has 3 N–H and O–H groups in total. The van der Waals surface area contributed by atoms with Crippen LogP contribution >= 0.6 is 0 Å². The van der Waals surface area contributed by atoms with Crippen LogP contribution in [0.25, 0.3) is 0 Å². The standard InChI is InChI=1S/C8H10N2O2.C2H6O2.C2H6/c1-6(11)10-7-3-4-9-8(5-7)12-2;3-1-2-4;1-2/h3-5H,1-2H3,(H,9,10,11);3-4H,1-2H2;1-2H3. The van der Waals surface area contributed by atoms with Gasteiger partial charge in [0.05, 0.1) is 20.3 Å². The molecular weight excluding hydrogens is 236 g/mol. The van der Waals surface area contributed by atoms with E-state index in [9.17, 15) is 4.79 Å². The molecule has 18 heavy (non-hydrogen) atoms. The van der Waals surface area contributed by atoms with Crippen LogP contribution in [0.2, 0.25) is 0 Å². The second-order valence-corrected chi connectivity index (χ2v) is 2.72. The Bertz CT molecular complexity index is 317. The molecule has 0 aromatic carbocycles. The molecule has 6 heteroatoms. The van der Waals surface area contributed by atoms with E-state index in [2.05, 4.69) is 10.3 Å². The van der Waals surface area contributed by atoms with Gasteiger partial charge in [0, 0.05) is 24.9 Å². The number of carbonyl (C=O) groups excluding carboxylic acids is 1. The summed E-state index contributed by atoms with van der Waals surface area (Å²) in [5.41, 5.74) is 0.689. The molecule has 0 aliphatic heterocycles. The fourth-order valence-corrected chi connectivity index (χ4v) is 0.802. The number of anilines is 1. The van der Waals surface area contributed by atoms with Crippen LogP contribution < -0.4 is 10.1 Å². The van der Waals surface area contributed by atoms with Gasteiger partial charge in [0.25, 0.3) is 0 Å². The largest absolute Gasteiger partial charge is 0.481 e. The van der Waals surface area contributed by atoms with Crippen LogP contribution in [-0.2, 0) is 4.79 Å². The number of hydrogen-bond donors (Lipinski definition) is 3. The van der Waals surface area contributed by atoms with E-state index >= 15 is 0 Å². The van der Waals surface area contributed by atoms with Crippen molar-refractivity contribution in [1.82, 2.24) is 4.98 Å². The second-order valence-electron chi connectivity index (χ2n) is 2.72. The number of aliphatic hydroxyl groups is 2. The molecule has 0 bridgehead atoms. The first-order valence-corrected chi connectivity index (χ1v) is 5.63. The van der Waals surface area contributed by atoms with Gasteiger partial charge in [0.15, 0.2) is 0 Å². The zero-order valence-corrected chi connectivity index (χ0v) is 11.3. The summed E-state index contributed by atoms with van der Waals surface area (Å²) in [5, 5.41) is 17.9. The number of nitrogens with zero attached hydrogens (tertiary/aromatic N) is 1. The Kier molecular flexibility index (Phi) is 13.9. The van der Waals surface area contributed by atoms with E-state index in [0.29, 0.717) is 11.6 Å². The van der Waals surface area contributed by atoms with Gasteiger partial charge in [-0.2, -0.15) is 0 Å². The average Bonchev–Trinajstić information content (AvgIpc) is 2.41. The summed E-state index contributed by atoms with van der Waals surface area (Å²) in [6.45, 7) is 5.20. The van der Waals surface area contributed by atoms with Crippen LogP contribution in [0.3, 0.4) is 0 Å². The van der Waals surface area contributed by atoms with E-state index in [1.54, 1.807) is 18.3 Å². The molecule has 0 aliphatic carbocycles. The zero-order chi connectivity index (χ0) is 14.4. The molecular formula is C12H22N2O4. The summed E-state index contributed by atoms with van der Waals surface area (Å²) >= 11 is 0. The molecule has 0 aliphatic rings. The van der Waals surface area contributed by atoms with Crippen LogP contribution in [0.5, 0.6) is 5.88 Å². The van der Waals surface area contributed by atoms with Gasteiger partial charge in [0.1, 0.15) is 0 Å². The molecule has 1 rings (SSSR count). The molecule has 1 amide bonds. The third-order valence-corrected chi connectivity index (χ3v) is 1.36. The molecule has 0 unspecified atom stereocenters. The molecule has 1 aromatic rings. The highest BCUT2D eigenvalue weighted by Gasteiger charge is 1.97. The average molecular weight is 258 g/mol. The van der Waals surface area contributed by atoms with E-state index in [-0.39, 0.29) is 19.1 Å². The maximum absolute atomic E-state index is 10.6. The number of pyridine rings is 1. The highest BCUT2D eigenvalue weighted by Crippen LogP contribution is 2.12. The van der Waals surface area contributed by atoms with Crippen LogP contribution in [0.4, 0.5) is 5.69 Å². The maximum atomic E-state index is 10.6. The van der Waals surface area contributed by atoms with Crippen molar-refractivity contribution in [2.75, 3.05) is 25.6 Å². The van der Waals surface area contributed by atoms with Gasteiger partial charge in [-0.25, -0.2) is 4.98 Å². The van der Waals surface area contributed by atoms with Gasteiger partial charge >= 0.3 is 0 Å². The van der Waals surface area contributed by atoms with Gasteiger partial charge in [-0.1, -0.05) is 13.8 Å². The van der Waals surface area contributed by atoms with Crippen molar-refractivity contribution in [2.24, 2.45) is 0 Å². The minimum absolute atomic E-state index is 0.108. The number of carbonyl (C=O) groups is 1. The van der Waals surface area contributed by atoms with E-state index in [0.717, 1.165) is 0 Å². The lowest BCUT2D eigenvalue weighted by atomic mass is 10.4. The van der Waals surface area contributed by atoms with Gasteiger partial charge in [-0.05, 0) is 6.07 Å². The van der Waals surface area contributed by atoms with E-state index in [1.807, 2.05) is 13.8 Å². The Labute approximate surface area is 108 Å². The van der Waals surface area contributed by atoms with Crippen molar-refractivity contribution in [3.05, 3.63) is 18.3 Å². The quantitative estimate of drug-likeness (QED) is 0.753. The first-order valence-electron chi connectivity index (χ1n) is 5.63. The van der Waals surface area contributed by atoms with Crippen LogP contribution in [-0.4, -0.2) is 41.4 Å².